The number of hydrogen-bond donors (Lipinski definition) is 4. The van der Waals surface area contributed by atoms with Crippen molar-refractivity contribution in [2.24, 2.45) is 0 Å². The summed E-state index contributed by atoms with van der Waals surface area (Å²) in [7, 11) is -4.03. The molecule has 0 aliphatic carbocycles. The van der Waals surface area contributed by atoms with Gasteiger partial charge in [0.25, 0.3) is 10.0 Å². The second kappa shape index (κ2) is 5.97. The van der Waals surface area contributed by atoms with E-state index in [4.69, 9.17) is 15.3 Å². The van der Waals surface area contributed by atoms with Gasteiger partial charge in [0.05, 0.1) is 19.8 Å². The van der Waals surface area contributed by atoms with E-state index in [2.05, 4.69) is 9.71 Å². The molecule has 1 heterocycles. The Balaban J connectivity index is 3.10. The van der Waals surface area contributed by atoms with Crippen LogP contribution in [0, 0.1) is 6.92 Å². The van der Waals surface area contributed by atoms with Crippen LogP contribution >= 0.6 is 0 Å². The molecule has 1 aromatic heterocycles. The Morgan fingerprint density at radius 2 is 1.84 bits per heavy atom. The highest BCUT2D eigenvalue weighted by Crippen LogP contribution is 2.13. The van der Waals surface area contributed by atoms with Crippen LogP contribution in [0.25, 0.3) is 0 Å². The normalized spacial score (nSPS) is 12.9. The van der Waals surface area contributed by atoms with Crippen LogP contribution < -0.4 is 4.72 Å². The number of aryl methyl sites for hydroxylation is 2. The van der Waals surface area contributed by atoms with Crippen molar-refractivity contribution < 1.29 is 23.7 Å². The van der Waals surface area contributed by atoms with Gasteiger partial charge in [0, 0.05) is 12.7 Å². The van der Waals surface area contributed by atoms with Gasteiger partial charge in [-0.25, -0.2) is 13.4 Å². The number of nitrogens with one attached hydrogen (secondary N) is 1. The molecule has 0 saturated carbocycles. The van der Waals surface area contributed by atoms with Crippen molar-refractivity contribution in [1.82, 2.24) is 14.3 Å². The summed E-state index contributed by atoms with van der Waals surface area (Å²) in [6.45, 7) is 1.89. The van der Waals surface area contributed by atoms with Crippen LogP contribution in [-0.2, 0) is 16.6 Å². The van der Waals surface area contributed by atoms with Gasteiger partial charge in [-0.05, 0) is 13.8 Å². The third-order valence-corrected chi connectivity index (χ3v) is 4.28. The van der Waals surface area contributed by atoms with Crippen LogP contribution in [0.15, 0.2) is 11.2 Å². The van der Waals surface area contributed by atoms with Crippen LogP contribution in [0.4, 0.5) is 0 Å². The fourth-order valence-corrected chi connectivity index (χ4v) is 2.90. The number of nitrogens with zero attached hydrogens (tertiary/aromatic N) is 2. The van der Waals surface area contributed by atoms with Crippen molar-refractivity contribution >= 4 is 10.0 Å². The van der Waals surface area contributed by atoms with Crippen LogP contribution in [0.3, 0.4) is 0 Å². The molecule has 19 heavy (non-hydrogen) atoms. The minimum absolute atomic E-state index is 0.216. The topological polar surface area (TPSA) is 125 Å². The van der Waals surface area contributed by atoms with Gasteiger partial charge in [-0.3, -0.25) is 0 Å². The number of sulfonamides is 1. The molecule has 1 aromatic rings. The highest BCUT2D eigenvalue weighted by Gasteiger charge is 2.35. The summed E-state index contributed by atoms with van der Waals surface area (Å²) in [6.07, 6.45) is 1.36. The average Bonchev–Trinajstić information content (AvgIpc) is 2.78. The quantitative estimate of drug-likeness (QED) is 0.470. The lowest BCUT2D eigenvalue weighted by molar-refractivity contribution is 0.0581. The highest BCUT2D eigenvalue weighted by molar-refractivity contribution is 7.89. The molecule has 1 rings (SSSR count). The zero-order chi connectivity index (χ0) is 14.7. The Morgan fingerprint density at radius 3 is 2.21 bits per heavy atom. The van der Waals surface area contributed by atoms with E-state index >= 15 is 0 Å². The third kappa shape index (κ3) is 3.31. The second-order valence-electron chi connectivity index (χ2n) is 4.27. The zero-order valence-corrected chi connectivity index (χ0v) is 11.7. The predicted octanol–water partition coefficient (Wildman–Crippen LogP) is -1.79. The van der Waals surface area contributed by atoms with Gasteiger partial charge in [0.1, 0.15) is 11.4 Å². The van der Waals surface area contributed by atoms with E-state index < -0.39 is 35.4 Å². The minimum atomic E-state index is -4.03. The van der Waals surface area contributed by atoms with E-state index in [1.54, 1.807) is 11.5 Å². The van der Waals surface area contributed by atoms with Crippen molar-refractivity contribution in [1.29, 1.82) is 0 Å². The summed E-state index contributed by atoms with van der Waals surface area (Å²) in [5.74, 6) is 0.533. The molecule has 110 valence electrons. The summed E-state index contributed by atoms with van der Waals surface area (Å²) in [5, 5.41) is 27.1. The summed E-state index contributed by atoms with van der Waals surface area (Å²) in [6, 6.07) is 0. The molecule has 0 spiro atoms. The Hall–Kier alpha value is -1.00. The summed E-state index contributed by atoms with van der Waals surface area (Å²) < 4.78 is 27.9. The Labute approximate surface area is 111 Å². The number of aliphatic hydroxyl groups is 3. The summed E-state index contributed by atoms with van der Waals surface area (Å²) in [4.78, 5) is 3.91. The first kappa shape index (κ1) is 16.1. The van der Waals surface area contributed by atoms with E-state index in [1.165, 1.54) is 6.20 Å². The fraction of sp³-hybridized carbons (Fsp3) is 0.700. The van der Waals surface area contributed by atoms with Crippen molar-refractivity contribution in [3.05, 3.63) is 12.0 Å². The maximum atomic E-state index is 12.1. The van der Waals surface area contributed by atoms with Gasteiger partial charge in [-0.2, -0.15) is 4.72 Å². The van der Waals surface area contributed by atoms with E-state index in [0.29, 0.717) is 12.4 Å². The van der Waals surface area contributed by atoms with Gasteiger partial charge < -0.3 is 19.9 Å². The Bertz CT molecular complexity index is 513. The van der Waals surface area contributed by atoms with Crippen molar-refractivity contribution in [3.63, 3.8) is 0 Å². The number of aliphatic hydroxyl groups excluding tert-OH is 3. The molecule has 0 aliphatic heterocycles. The predicted molar refractivity (Wildman–Crippen MR) is 66.9 cm³/mol. The van der Waals surface area contributed by atoms with Gasteiger partial charge in [0.2, 0.25) is 0 Å². The van der Waals surface area contributed by atoms with Crippen LogP contribution in [0.2, 0.25) is 0 Å². The molecule has 0 fully saturated rings. The van der Waals surface area contributed by atoms with Crippen LogP contribution in [0.1, 0.15) is 12.7 Å². The molecule has 4 N–H and O–H groups in total. The average molecular weight is 293 g/mol. The Morgan fingerprint density at radius 1 is 1.32 bits per heavy atom. The molecule has 8 nitrogen and oxygen atoms in total. The molecule has 0 atom stereocenters. The van der Waals surface area contributed by atoms with Crippen molar-refractivity contribution in [2.75, 3.05) is 19.8 Å². The SMILES string of the molecule is CCn1cc(S(=O)(=O)NC(CO)(CO)CO)nc1C. The number of aromatic nitrogens is 2. The summed E-state index contributed by atoms with van der Waals surface area (Å²) in [5.41, 5.74) is -1.71. The molecular weight excluding hydrogens is 274 g/mol. The number of hydrogen-bond acceptors (Lipinski definition) is 6. The van der Waals surface area contributed by atoms with E-state index in [9.17, 15) is 8.42 Å². The monoisotopic (exact) mass is 293 g/mol. The molecule has 0 bridgehead atoms. The van der Waals surface area contributed by atoms with Gasteiger partial charge in [-0.1, -0.05) is 0 Å². The molecule has 0 saturated heterocycles. The lowest BCUT2D eigenvalue weighted by atomic mass is 10.1. The maximum absolute atomic E-state index is 12.1. The van der Waals surface area contributed by atoms with Gasteiger partial charge in [-0.15, -0.1) is 0 Å². The first-order valence-corrected chi connectivity index (χ1v) is 7.23. The lowest BCUT2D eigenvalue weighted by Crippen LogP contribution is -2.56. The van der Waals surface area contributed by atoms with Crippen molar-refractivity contribution in [3.8, 4) is 0 Å². The highest BCUT2D eigenvalue weighted by atomic mass is 32.2. The third-order valence-electron chi connectivity index (χ3n) is 2.83. The molecule has 0 unspecified atom stereocenters. The Kier molecular flexibility index (Phi) is 5.04. The molecule has 0 amide bonds. The van der Waals surface area contributed by atoms with Gasteiger partial charge in [0.15, 0.2) is 5.03 Å². The minimum Gasteiger partial charge on any atom is -0.394 e. The molecule has 0 aromatic carbocycles. The molecule has 9 heteroatoms. The van der Waals surface area contributed by atoms with Crippen molar-refractivity contribution in [2.45, 2.75) is 31.0 Å². The second-order valence-corrected chi connectivity index (χ2v) is 5.90. The maximum Gasteiger partial charge on any atom is 0.260 e. The smallest absolute Gasteiger partial charge is 0.260 e. The van der Waals surface area contributed by atoms with Crippen LogP contribution in [-0.4, -0.2) is 58.6 Å². The standard InChI is InChI=1S/C10H19N3O5S/c1-3-13-4-9(11-8(13)2)19(17,18)12-10(5-14,6-15)7-16/h4,12,14-16H,3,5-7H2,1-2H3. The summed E-state index contributed by atoms with van der Waals surface area (Å²) >= 11 is 0. The first-order chi connectivity index (χ1) is 8.84. The van der Waals surface area contributed by atoms with Crippen LogP contribution in [0.5, 0.6) is 0 Å². The number of imidazole rings is 1. The van der Waals surface area contributed by atoms with E-state index in [0.717, 1.165) is 0 Å². The van der Waals surface area contributed by atoms with E-state index in [-0.39, 0.29) is 5.03 Å². The van der Waals surface area contributed by atoms with Gasteiger partial charge >= 0.3 is 0 Å². The number of rotatable bonds is 7. The zero-order valence-electron chi connectivity index (χ0n) is 10.9. The lowest BCUT2D eigenvalue weighted by Gasteiger charge is -2.27. The molecule has 0 radical (unpaired) electrons. The first-order valence-electron chi connectivity index (χ1n) is 5.74. The van der Waals surface area contributed by atoms with E-state index in [1.807, 2.05) is 6.92 Å². The molecule has 0 aliphatic rings. The fourth-order valence-electron chi connectivity index (χ4n) is 1.51. The molecular formula is C10H19N3O5S. The largest absolute Gasteiger partial charge is 0.394 e.